The minimum Gasteiger partial charge on any atom is -0.463 e. The summed E-state index contributed by atoms with van der Waals surface area (Å²) in [5, 5.41) is 0. The van der Waals surface area contributed by atoms with Crippen LogP contribution in [0.4, 0.5) is 0 Å². The molecule has 1 rings (SSSR count). The van der Waals surface area contributed by atoms with Crippen LogP contribution in [0.3, 0.4) is 0 Å². The summed E-state index contributed by atoms with van der Waals surface area (Å²) >= 11 is 0. The second-order valence-corrected chi connectivity index (χ2v) is 3.64. The number of carbonyl (C=O) groups excluding carboxylic acids is 2. The van der Waals surface area contributed by atoms with Crippen molar-refractivity contribution >= 4 is 11.9 Å². The lowest BCUT2D eigenvalue weighted by molar-refractivity contribution is -0.156. The van der Waals surface area contributed by atoms with Crippen molar-refractivity contribution < 1.29 is 28.2 Å². The first kappa shape index (κ1) is 15.0. The zero-order valence-corrected chi connectivity index (χ0v) is 10.9. The number of rotatable bonds is 7. The Morgan fingerprint density at radius 1 is 1.53 bits per heavy atom. The van der Waals surface area contributed by atoms with Gasteiger partial charge in [0.15, 0.2) is 6.10 Å². The maximum absolute atomic E-state index is 11.6. The van der Waals surface area contributed by atoms with Crippen LogP contribution in [0.2, 0.25) is 0 Å². The topological polar surface area (TPSA) is 75.0 Å². The van der Waals surface area contributed by atoms with E-state index in [9.17, 15) is 9.59 Å². The lowest BCUT2D eigenvalue weighted by atomic mass is 10.2. The van der Waals surface area contributed by atoms with Crippen molar-refractivity contribution in [3.63, 3.8) is 0 Å². The maximum atomic E-state index is 11.6. The molecule has 0 aliphatic rings. The Hall–Kier alpha value is -2.08. The van der Waals surface area contributed by atoms with Crippen molar-refractivity contribution in [2.24, 2.45) is 0 Å². The highest BCUT2D eigenvalue weighted by atomic mass is 16.6. The predicted octanol–water partition coefficient (Wildman–Crippen LogP) is 1.70. The van der Waals surface area contributed by atoms with Gasteiger partial charge in [-0.15, -0.1) is 6.58 Å². The third-order valence-electron chi connectivity index (χ3n) is 2.28. The van der Waals surface area contributed by atoms with Gasteiger partial charge in [-0.1, -0.05) is 6.08 Å². The number of hydrogen-bond acceptors (Lipinski definition) is 6. The molecular formula is C13H16O6. The van der Waals surface area contributed by atoms with E-state index in [2.05, 4.69) is 11.3 Å². The summed E-state index contributed by atoms with van der Waals surface area (Å²) in [5.41, 5.74) is 0.441. The predicted molar refractivity (Wildman–Crippen MR) is 65.5 cm³/mol. The minimum absolute atomic E-state index is 0.0231. The van der Waals surface area contributed by atoms with Gasteiger partial charge in [0, 0.05) is 5.56 Å². The molecule has 0 spiro atoms. The largest absolute Gasteiger partial charge is 0.463 e. The quantitative estimate of drug-likeness (QED) is 0.553. The van der Waals surface area contributed by atoms with Crippen LogP contribution in [-0.2, 0) is 25.6 Å². The van der Waals surface area contributed by atoms with Gasteiger partial charge in [-0.2, -0.15) is 0 Å². The molecule has 19 heavy (non-hydrogen) atoms. The van der Waals surface area contributed by atoms with Crippen LogP contribution in [0.25, 0.3) is 0 Å². The fourth-order valence-corrected chi connectivity index (χ4v) is 1.27. The van der Waals surface area contributed by atoms with E-state index in [0.29, 0.717) is 5.56 Å². The Morgan fingerprint density at radius 3 is 2.89 bits per heavy atom. The summed E-state index contributed by atoms with van der Waals surface area (Å²) < 4.78 is 19.6. The highest BCUT2D eigenvalue weighted by Crippen LogP contribution is 2.13. The van der Waals surface area contributed by atoms with Crippen LogP contribution in [-0.4, -0.2) is 31.8 Å². The lowest BCUT2D eigenvalue weighted by Crippen LogP contribution is -2.23. The molecule has 0 N–H and O–H groups in total. The summed E-state index contributed by atoms with van der Waals surface area (Å²) in [5.74, 6) is -1.12. The van der Waals surface area contributed by atoms with Crippen LogP contribution >= 0.6 is 0 Å². The minimum atomic E-state index is -0.702. The van der Waals surface area contributed by atoms with Gasteiger partial charge >= 0.3 is 11.9 Å². The first-order valence-corrected chi connectivity index (χ1v) is 5.64. The summed E-state index contributed by atoms with van der Waals surface area (Å²) in [4.78, 5) is 22.9. The third-order valence-corrected chi connectivity index (χ3v) is 2.28. The Labute approximate surface area is 110 Å². The van der Waals surface area contributed by atoms with E-state index in [1.54, 1.807) is 6.92 Å². The standard InChI is InChI=1S/C13H16O6/c1-4-6-17-9(2)12(14)19-8-10-5-7-18-11(10)13(15)16-3/h4-5,7,9H,1,6,8H2,2-3H3. The first-order chi connectivity index (χ1) is 9.10. The molecule has 0 radical (unpaired) electrons. The molecule has 0 amide bonds. The average molecular weight is 268 g/mol. The smallest absolute Gasteiger partial charge is 0.374 e. The van der Waals surface area contributed by atoms with Crippen LogP contribution in [0, 0.1) is 0 Å². The molecule has 104 valence electrons. The fraction of sp³-hybridized carbons (Fsp3) is 0.385. The van der Waals surface area contributed by atoms with Gasteiger partial charge in [0.25, 0.3) is 0 Å². The monoisotopic (exact) mass is 268 g/mol. The molecule has 0 aromatic carbocycles. The normalized spacial score (nSPS) is 11.7. The van der Waals surface area contributed by atoms with E-state index in [0.717, 1.165) is 0 Å². The first-order valence-electron chi connectivity index (χ1n) is 5.64. The summed E-state index contributed by atoms with van der Waals surface area (Å²) in [6.07, 6.45) is 2.16. The molecule has 1 aromatic heterocycles. The van der Waals surface area contributed by atoms with Gasteiger partial charge in [0.05, 0.1) is 20.0 Å². The zero-order valence-electron chi connectivity index (χ0n) is 10.9. The number of hydrogen-bond donors (Lipinski definition) is 0. The van der Waals surface area contributed by atoms with E-state index >= 15 is 0 Å². The summed E-state index contributed by atoms with van der Waals surface area (Å²) in [6, 6.07) is 1.54. The van der Waals surface area contributed by atoms with Crippen molar-refractivity contribution in [1.82, 2.24) is 0 Å². The van der Waals surface area contributed by atoms with E-state index < -0.39 is 18.0 Å². The molecule has 1 heterocycles. The fourth-order valence-electron chi connectivity index (χ4n) is 1.27. The van der Waals surface area contributed by atoms with E-state index in [1.807, 2.05) is 0 Å². The molecule has 0 fully saturated rings. The molecule has 1 aromatic rings. The van der Waals surface area contributed by atoms with Gasteiger partial charge in [0.2, 0.25) is 5.76 Å². The molecule has 0 aliphatic heterocycles. The van der Waals surface area contributed by atoms with Gasteiger partial charge in [-0.25, -0.2) is 9.59 Å². The van der Waals surface area contributed by atoms with Gasteiger partial charge in [-0.05, 0) is 13.0 Å². The molecule has 0 bridgehead atoms. The molecule has 0 aliphatic carbocycles. The Morgan fingerprint density at radius 2 is 2.26 bits per heavy atom. The van der Waals surface area contributed by atoms with Gasteiger partial charge in [-0.3, -0.25) is 0 Å². The molecule has 1 atom stereocenters. The van der Waals surface area contributed by atoms with E-state index in [4.69, 9.17) is 13.9 Å². The van der Waals surface area contributed by atoms with Crippen LogP contribution in [0.5, 0.6) is 0 Å². The lowest BCUT2D eigenvalue weighted by Gasteiger charge is -2.11. The van der Waals surface area contributed by atoms with Crippen LogP contribution in [0.15, 0.2) is 29.4 Å². The molecule has 1 unspecified atom stereocenters. The highest BCUT2D eigenvalue weighted by molar-refractivity contribution is 5.87. The van der Waals surface area contributed by atoms with E-state index in [1.165, 1.54) is 25.5 Å². The number of esters is 2. The molecular weight excluding hydrogens is 252 g/mol. The molecule has 0 saturated heterocycles. The molecule has 0 saturated carbocycles. The number of methoxy groups -OCH3 is 1. The second kappa shape index (κ2) is 7.38. The van der Waals surface area contributed by atoms with Crippen molar-refractivity contribution in [3.8, 4) is 0 Å². The number of furan rings is 1. The number of carbonyl (C=O) groups is 2. The Balaban J connectivity index is 2.53. The summed E-state index contributed by atoms with van der Waals surface area (Å²) in [7, 11) is 1.24. The zero-order chi connectivity index (χ0) is 14.3. The molecule has 6 heteroatoms. The van der Waals surface area contributed by atoms with Crippen LogP contribution < -0.4 is 0 Å². The third kappa shape index (κ3) is 4.26. The van der Waals surface area contributed by atoms with Crippen LogP contribution in [0.1, 0.15) is 23.0 Å². The van der Waals surface area contributed by atoms with E-state index in [-0.39, 0.29) is 19.0 Å². The molecule has 6 nitrogen and oxygen atoms in total. The van der Waals surface area contributed by atoms with Crippen molar-refractivity contribution in [3.05, 3.63) is 36.3 Å². The van der Waals surface area contributed by atoms with Crippen molar-refractivity contribution in [1.29, 1.82) is 0 Å². The SMILES string of the molecule is C=CCOC(C)C(=O)OCc1ccoc1C(=O)OC. The highest BCUT2D eigenvalue weighted by Gasteiger charge is 2.19. The average Bonchev–Trinajstić information content (AvgIpc) is 2.89. The van der Waals surface area contributed by atoms with Gasteiger partial charge < -0.3 is 18.6 Å². The summed E-state index contributed by atoms with van der Waals surface area (Å²) in [6.45, 7) is 5.23. The van der Waals surface area contributed by atoms with Crippen molar-refractivity contribution in [2.75, 3.05) is 13.7 Å². The Bertz CT molecular complexity index is 448. The number of ether oxygens (including phenoxy) is 3. The van der Waals surface area contributed by atoms with Gasteiger partial charge in [0.1, 0.15) is 6.61 Å². The maximum Gasteiger partial charge on any atom is 0.374 e. The second-order valence-electron chi connectivity index (χ2n) is 3.64. The Kier molecular flexibility index (Phi) is 5.81. The van der Waals surface area contributed by atoms with Crippen molar-refractivity contribution in [2.45, 2.75) is 19.6 Å².